The van der Waals surface area contributed by atoms with E-state index in [1.165, 1.54) is 0 Å². The molecule has 0 aliphatic carbocycles. The average molecular weight is 859 g/mol. The van der Waals surface area contributed by atoms with Crippen LogP contribution in [0.4, 0.5) is 0 Å². The van der Waals surface area contributed by atoms with Gasteiger partial charge in [0, 0.05) is 19.4 Å². The van der Waals surface area contributed by atoms with Crippen LogP contribution < -0.4 is 0 Å². The summed E-state index contributed by atoms with van der Waals surface area (Å²) in [6.45, 7) is 0.0827. The number of phosphoric ester groups is 1. The quantitative estimate of drug-likeness (QED) is 0.0201. The summed E-state index contributed by atoms with van der Waals surface area (Å²) >= 11 is 0. The fourth-order valence-electron chi connectivity index (χ4n) is 4.87. The first-order chi connectivity index (χ1) is 29.2. The molecule has 0 saturated carbocycles. The number of unbranched alkanes of at least 4 members (excludes halogenated alkanes) is 4. The maximum atomic E-state index is 12.6. The van der Waals surface area contributed by atoms with E-state index in [-0.39, 0.29) is 19.4 Å². The molecule has 0 bridgehead atoms. The smallest absolute Gasteiger partial charge is 0.462 e. The van der Waals surface area contributed by atoms with Crippen LogP contribution in [0.5, 0.6) is 0 Å². The number of hydrogen-bond donors (Lipinski definition) is 4. The highest BCUT2D eigenvalue weighted by Crippen LogP contribution is 2.43. The van der Waals surface area contributed by atoms with E-state index in [2.05, 4.69) is 109 Å². The Hall–Kier alpha value is -3.67. The van der Waals surface area contributed by atoms with E-state index in [1.807, 2.05) is 24.3 Å². The van der Waals surface area contributed by atoms with Crippen LogP contribution in [0.2, 0.25) is 0 Å². The minimum atomic E-state index is -4.67. The van der Waals surface area contributed by atoms with E-state index in [0.717, 1.165) is 83.5 Å². The van der Waals surface area contributed by atoms with Gasteiger partial charge in [0.05, 0.1) is 19.8 Å². The third-order valence-electron chi connectivity index (χ3n) is 8.17. The van der Waals surface area contributed by atoms with Crippen molar-refractivity contribution in [3.8, 4) is 0 Å². The first-order valence-corrected chi connectivity index (χ1v) is 23.1. The van der Waals surface area contributed by atoms with Crippen molar-refractivity contribution in [2.24, 2.45) is 0 Å². The molecular formula is C48H75O11P. The second-order valence-corrected chi connectivity index (χ2v) is 15.2. The van der Waals surface area contributed by atoms with Crippen LogP contribution in [0, 0.1) is 0 Å². The Kier molecular flexibility index (Phi) is 40.8. The first-order valence-electron chi connectivity index (χ1n) is 21.6. The molecule has 3 atom stereocenters. The molecule has 0 aromatic rings. The van der Waals surface area contributed by atoms with E-state index < -0.39 is 58.4 Å². The molecule has 0 rings (SSSR count). The summed E-state index contributed by atoms with van der Waals surface area (Å²) in [6, 6.07) is 0. The lowest BCUT2D eigenvalue weighted by Gasteiger charge is -2.20. The van der Waals surface area contributed by atoms with E-state index in [1.54, 1.807) is 0 Å². The van der Waals surface area contributed by atoms with Gasteiger partial charge in [-0.15, -0.1) is 0 Å². The number of aliphatic hydroxyl groups excluding tert-OH is 3. The summed E-state index contributed by atoms with van der Waals surface area (Å²) in [4.78, 5) is 34.9. The van der Waals surface area contributed by atoms with Gasteiger partial charge in [0.15, 0.2) is 6.10 Å². The number of esters is 2. The van der Waals surface area contributed by atoms with Gasteiger partial charge in [-0.2, -0.15) is 0 Å². The summed E-state index contributed by atoms with van der Waals surface area (Å²) in [5.74, 6) is -1.12. The van der Waals surface area contributed by atoms with Crippen LogP contribution in [-0.2, 0) is 32.7 Å². The van der Waals surface area contributed by atoms with Gasteiger partial charge in [-0.05, 0) is 96.3 Å². The molecule has 0 aliphatic heterocycles. The van der Waals surface area contributed by atoms with E-state index >= 15 is 0 Å². The Labute approximate surface area is 360 Å². The van der Waals surface area contributed by atoms with Gasteiger partial charge in [-0.25, -0.2) is 4.57 Å². The molecule has 11 nitrogen and oxygen atoms in total. The zero-order chi connectivity index (χ0) is 44.0. The van der Waals surface area contributed by atoms with Crippen LogP contribution in [0.25, 0.3) is 0 Å². The fourth-order valence-corrected chi connectivity index (χ4v) is 5.66. The summed E-state index contributed by atoms with van der Waals surface area (Å²) in [5, 5.41) is 27.1. The molecule has 0 aromatic carbocycles. The maximum absolute atomic E-state index is 12.6. The summed E-state index contributed by atoms with van der Waals surface area (Å²) in [7, 11) is -4.67. The van der Waals surface area contributed by atoms with Crippen molar-refractivity contribution in [3.63, 3.8) is 0 Å². The van der Waals surface area contributed by atoms with Gasteiger partial charge >= 0.3 is 19.8 Å². The minimum Gasteiger partial charge on any atom is -0.462 e. The van der Waals surface area contributed by atoms with Gasteiger partial charge in [-0.1, -0.05) is 135 Å². The van der Waals surface area contributed by atoms with E-state index in [4.69, 9.17) is 24.2 Å². The minimum absolute atomic E-state index is 0.0746. The summed E-state index contributed by atoms with van der Waals surface area (Å²) < 4.78 is 32.5. The third-order valence-corrected chi connectivity index (χ3v) is 9.12. The normalized spacial score (nSPS) is 14.9. The molecular weight excluding hydrogens is 783 g/mol. The molecule has 0 fully saturated rings. The number of carbonyl (C=O) groups excluding carboxylic acids is 2. The highest BCUT2D eigenvalue weighted by atomic mass is 31.2. The Bertz CT molecular complexity index is 1400. The zero-order valence-electron chi connectivity index (χ0n) is 36.1. The van der Waals surface area contributed by atoms with Crippen molar-refractivity contribution in [1.82, 2.24) is 0 Å². The first kappa shape index (κ1) is 56.3. The van der Waals surface area contributed by atoms with Gasteiger partial charge < -0.3 is 29.7 Å². The van der Waals surface area contributed by atoms with Crippen molar-refractivity contribution in [1.29, 1.82) is 0 Å². The van der Waals surface area contributed by atoms with Gasteiger partial charge in [-0.3, -0.25) is 18.6 Å². The lowest BCUT2D eigenvalue weighted by molar-refractivity contribution is -0.161. The van der Waals surface area contributed by atoms with Crippen molar-refractivity contribution >= 4 is 19.8 Å². The number of phosphoric acid groups is 1. The number of aliphatic hydroxyl groups is 3. The average Bonchev–Trinajstić information content (AvgIpc) is 3.24. The molecule has 338 valence electrons. The largest absolute Gasteiger partial charge is 0.472 e. The second-order valence-electron chi connectivity index (χ2n) is 13.7. The van der Waals surface area contributed by atoms with Gasteiger partial charge in [0.25, 0.3) is 0 Å². The number of hydrogen-bond acceptors (Lipinski definition) is 10. The standard InChI is InChI=1S/C48H75O11P/c1-2-3-4-5-6-7-8-9-10-11-12-14-17-20-23-26-29-32-35-38-47(52)56-43-46(44-58-60(54,55)57-42-45(51)41-50)59-48(53)39-36-33-30-27-24-21-18-15-13-16-19-22-25-28-31-34-37-40-49/h3-4,6-7,9-10,12-14,16,18,20-23,25,27,29-30,32,45-46,49-51H,2,5,8,11,15,17,19,24,26,28,31,33-44H2,1H3,(H,54,55)/b4-3-,7-6-,10-9-,14-12-,16-13-,21-18-,23-20-,25-22-,30-27-,32-29-/t45-,46+/m0/s1. The van der Waals surface area contributed by atoms with Gasteiger partial charge in [0.2, 0.25) is 0 Å². The van der Waals surface area contributed by atoms with E-state index in [0.29, 0.717) is 19.3 Å². The molecule has 0 aromatic heterocycles. The highest BCUT2D eigenvalue weighted by Gasteiger charge is 2.27. The van der Waals surface area contributed by atoms with Crippen molar-refractivity contribution in [3.05, 3.63) is 122 Å². The highest BCUT2D eigenvalue weighted by molar-refractivity contribution is 7.47. The number of rotatable bonds is 39. The molecule has 0 radical (unpaired) electrons. The monoisotopic (exact) mass is 859 g/mol. The molecule has 12 heteroatoms. The number of ether oxygens (including phenoxy) is 2. The van der Waals surface area contributed by atoms with Crippen LogP contribution in [-0.4, -0.2) is 77.4 Å². The zero-order valence-corrected chi connectivity index (χ0v) is 37.0. The Morgan fingerprint density at radius 2 is 0.950 bits per heavy atom. The van der Waals surface area contributed by atoms with E-state index in [9.17, 15) is 24.2 Å². The fraction of sp³-hybridized carbons (Fsp3) is 0.542. The van der Waals surface area contributed by atoms with Gasteiger partial charge in [0.1, 0.15) is 12.7 Å². The number of carbonyl (C=O) groups is 2. The summed E-state index contributed by atoms with van der Waals surface area (Å²) in [5.41, 5.74) is 0. The van der Waals surface area contributed by atoms with Crippen LogP contribution in [0.3, 0.4) is 0 Å². The molecule has 0 saturated heterocycles. The SMILES string of the molecule is CC/C=C\C/C=C\C/C=C\C/C=C\C/C=C\C/C=C\CCC(=O)OC[C@H](COP(=O)(O)OC[C@@H](O)CO)OC(=O)CCC/C=C\C/C=C\C/C=C\C/C=C\CCCCCO. The van der Waals surface area contributed by atoms with Crippen molar-refractivity contribution < 1.29 is 52.9 Å². The molecule has 0 spiro atoms. The predicted octanol–water partition coefficient (Wildman–Crippen LogP) is 10.5. The Morgan fingerprint density at radius 1 is 0.517 bits per heavy atom. The van der Waals surface area contributed by atoms with Crippen LogP contribution in [0.1, 0.15) is 122 Å². The number of allylic oxidation sites excluding steroid dienone is 20. The maximum Gasteiger partial charge on any atom is 0.472 e. The molecule has 60 heavy (non-hydrogen) atoms. The molecule has 0 heterocycles. The van der Waals surface area contributed by atoms with Crippen LogP contribution in [0.15, 0.2) is 122 Å². The molecule has 0 aliphatic rings. The summed E-state index contributed by atoms with van der Waals surface area (Å²) in [6.07, 6.45) is 53.4. The Balaban J connectivity index is 4.54. The third kappa shape index (κ3) is 42.5. The van der Waals surface area contributed by atoms with Crippen molar-refractivity contribution in [2.45, 2.75) is 135 Å². The van der Waals surface area contributed by atoms with Crippen LogP contribution >= 0.6 is 7.82 Å². The topological polar surface area (TPSA) is 169 Å². The second kappa shape index (κ2) is 43.4. The Morgan fingerprint density at radius 3 is 1.42 bits per heavy atom. The molecule has 1 unspecified atom stereocenters. The predicted molar refractivity (Wildman–Crippen MR) is 243 cm³/mol. The molecule has 4 N–H and O–H groups in total. The molecule has 0 amide bonds. The lowest BCUT2D eigenvalue weighted by Crippen LogP contribution is -2.29. The lowest BCUT2D eigenvalue weighted by atomic mass is 10.2. The van der Waals surface area contributed by atoms with Crippen molar-refractivity contribution in [2.75, 3.05) is 33.0 Å².